The van der Waals surface area contributed by atoms with Gasteiger partial charge in [-0.25, -0.2) is 0 Å². The summed E-state index contributed by atoms with van der Waals surface area (Å²) in [4.78, 5) is 10.6. The highest BCUT2D eigenvalue weighted by Crippen LogP contribution is 2.51. The van der Waals surface area contributed by atoms with Crippen molar-refractivity contribution in [1.29, 1.82) is 0 Å². The summed E-state index contributed by atoms with van der Waals surface area (Å²) in [5.74, 6) is 1.12. The highest BCUT2D eigenvalue weighted by atomic mass is 16.5. The van der Waals surface area contributed by atoms with Crippen molar-refractivity contribution in [1.82, 2.24) is 0 Å². The second kappa shape index (κ2) is 10.6. The molecular weight excluding hydrogens is 426 g/mol. The number of benzene rings is 3. The molecule has 34 heavy (non-hydrogen) atoms. The molecule has 178 valence electrons. The van der Waals surface area contributed by atoms with E-state index in [4.69, 9.17) is 14.6 Å². The van der Waals surface area contributed by atoms with E-state index in [1.807, 2.05) is 24.3 Å². The maximum atomic E-state index is 10.6. The zero-order chi connectivity index (χ0) is 24.0. The minimum atomic E-state index is -0.799. The third kappa shape index (κ3) is 5.36. The Morgan fingerprint density at radius 1 is 0.941 bits per heavy atom. The number of hydrogen-bond donors (Lipinski definition) is 2. The average Bonchev–Trinajstić information content (AvgIpc) is 3.12. The predicted octanol–water partition coefficient (Wildman–Crippen LogP) is 6.39. The first-order valence-electron chi connectivity index (χ1n) is 12.0. The number of carboxylic acids is 1. The van der Waals surface area contributed by atoms with Gasteiger partial charge >= 0.3 is 5.97 Å². The van der Waals surface area contributed by atoms with E-state index in [0.717, 1.165) is 30.0 Å². The van der Waals surface area contributed by atoms with E-state index in [1.165, 1.54) is 16.7 Å². The normalized spacial score (nSPS) is 18.7. The Hall–Kier alpha value is -3.47. The van der Waals surface area contributed by atoms with Crippen molar-refractivity contribution in [2.75, 3.05) is 18.5 Å². The predicted molar refractivity (Wildman–Crippen MR) is 135 cm³/mol. The number of rotatable bonds is 11. The molecule has 3 aromatic rings. The lowest BCUT2D eigenvalue weighted by atomic mass is 9.80. The Bertz CT molecular complexity index is 1100. The number of carboxylic acid groups (broad SMARTS) is 1. The van der Waals surface area contributed by atoms with Gasteiger partial charge in [0.2, 0.25) is 0 Å². The monoisotopic (exact) mass is 459 g/mol. The van der Waals surface area contributed by atoms with Crippen LogP contribution in [0.15, 0.2) is 72.8 Å². The molecule has 0 aromatic heterocycles. The molecule has 4 rings (SSSR count). The maximum absolute atomic E-state index is 10.6. The molecule has 0 radical (unpaired) electrons. The summed E-state index contributed by atoms with van der Waals surface area (Å²) in [6.45, 7) is 5.54. The van der Waals surface area contributed by atoms with Crippen LogP contribution in [0.25, 0.3) is 0 Å². The third-order valence-corrected chi connectivity index (χ3v) is 6.73. The van der Waals surface area contributed by atoms with Gasteiger partial charge in [-0.2, -0.15) is 0 Å². The summed E-state index contributed by atoms with van der Waals surface area (Å²) in [5.41, 5.74) is 4.57. The average molecular weight is 460 g/mol. The van der Waals surface area contributed by atoms with E-state index in [9.17, 15) is 4.79 Å². The Labute approximate surface area is 201 Å². The number of aryl methyl sites for hydroxylation is 1. The second-order valence-corrected chi connectivity index (χ2v) is 9.07. The first kappa shape index (κ1) is 23.7. The van der Waals surface area contributed by atoms with Crippen LogP contribution in [0.2, 0.25) is 0 Å². The molecule has 5 nitrogen and oxygen atoms in total. The highest BCUT2D eigenvalue weighted by molar-refractivity contribution is 5.68. The second-order valence-electron chi connectivity index (χ2n) is 9.07. The summed E-state index contributed by atoms with van der Waals surface area (Å²) in [6, 6.07) is 24.8. The van der Waals surface area contributed by atoms with Crippen LogP contribution in [-0.2, 0) is 16.8 Å². The number of carbonyl (C=O) groups is 1. The largest absolute Gasteiger partial charge is 0.494 e. The Morgan fingerprint density at radius 3 is 2.41 bits per heavy atom. The summed E-state index contributed by atoms with van der Waals surface area (Å²) in [7, 11) is 0. The lowest BCUT2D eigenvalue weighted by Crippen LogP contribution is -2.31. The van der Waals surface area contributed by atoms with Gasteiger partial charge in [-0.3, -0.25) is 4.79 Å². The lowest BCUT2D eigenvalue weighted by Gasteiger charge is -2.31. The summed E-state index contributed by atoms with van der Waals surface area (Å²) < 4.78 is 12.0. The van der Waals surface area contributed by atoms with Gasteiger partial charge in [0, 0.05) is 23.6 Å². The number of fused-ring (bicyclic) bond motifs is 1. The van der Waals surface area contributed by atoms with Crippen molar-refractivity contribution in [2.24, 2.45) is 0 Å². The highest BCUT2D eigenvalue weighted by Gasteiger charge is 2.42. The quantitative estimate of drug-likeness (QED) is 0.325. The molecule has 0 fully saturated rings. The van der Waals surface area contributed by atoms with E-state index in [0.29, 0.717) is 19.6 Å². The smallest absolute Gasteiger partial charge is 0.303 e. The zero-order valence-electron chi connectivity index (χ0n) is 19.9. The van der Waals surface area contributed by atoms with Gasteiger partial charge in [-0.1, -0.05) is 55.5 Å². The molecule has 2 unspecified atom stereocenters. The number of aliphatic carboxylic acids is 1. The van der Waals surface area contributed by atoms with E-state index in [-0.39, 0.29) is 17.9 Å². The summed E-state index contributed by atoms with van der Waals surface area (Å²) >= 11 is 0. The molecule has 0 amide bonds. The SMILES string of the molecule is CC1c2c(cccc2OCCCc2ccccc2)NC1(C)c1ccc(OCCCC(=O)O)cc1. The van der Waals surface area contributed by atoms with E-state index in [2.05, 4.69) is 67.7 Å². The first-order chi connectivity index (χ1) is 16.5. The third-order valence-electron chi connectivity index (χ3n) is 6.73. The molecule has 2 atom stereocenters. The van der Waals surface area contributed by atoms with Crippen LogP contribution < -0.4 is 14.8 Å². The molecule has 3 aromatic carbocycles. The van der Waals surface area contributed by atoms with Crippen molar-refractivity contribution < 1.29 is 19.4 Å². The maximum Gasteiger partial charge on any atom is 0.303 e. The lowest BCUT2D eigenvalue weighted by molar-refractivity contribution is -0.137. The fraction of sp³-hybridized carbons (Fsp3) is 0.345. The first-order valence-corrected chi connectivity index (χ1v) is 12.0. The van der Waals surface area contributed by atoms with Crippen LogP contribution in [0.1, 0.15) is 55.7 Å². The Morgan fingerprint density at radius 2 is 1.68 bits per heavy atom. The topological polar surface area (TPSA) is 67.8 Å². The molecule has 0 aliphatic carbocycles. The van der Waals surface area contributed by atoms with Crippen LogP contribution in [0.3, 0.4) is 0 Å². The number of nitrogens with one attached hydrogen (secondary N) is 1. The minimum absolute atomic E-state index is 0.118. The molecule has 0 spiro atoms. The van der Waals surface area contributed by atoms with Crippen molar-refractivity contribution in [2.45, 2.75) is 51.0 Å². The zero-order valence-corrected chi connectivity index (χ0v) is 19.9. The molecule has 0 saturated carbocycles. The van der Waals surface area contributed by atoms with Gasteiger partial charge < -0.3 is 19.9 Å². The molecule has 2 N–H and O–H groups in total. The Balaban J connectivity index is 1.39. The van der Waals surface area contributed by atoms with Crippen molar-refractivity contribution in [3.8, 4) is 11.5 Å². The Kier molecular flexibility index (Phi) is 7.41. The fourth-order valence-electron chi connectivity index (χ4n) is 4.64. The van der Waals surface area contributed by atoms with E-state index in [1.54, 1.807) is 0 Å². The molecule has 5 heteroatoms. The van der Waals surface area contributed by atoms with E-state index >= 15 is 0 Å². The van der Waals surface area contributed by atoms with Crippen molar-refractivity contribution >= 4 is 11.7 Å². The van der Waals surface area contributed by atoms with Crippen molar-refractivity contribution in [3.63, 3.8) is 0 Å². The van der Waals surface area contributed by atoms with Crippen LogP contribution >= 0.6 is 0 Å². The van der Waals surface area contributed by atoms with Gasteiger partial charge in [0.05, 0.1) is 18.8 Å². The van der Waals surface area contributed by atoms with Crippen molar-refractivity contribution in [3.05, 3.63) is 89.5 Å². The van der Waals surface area contributed by atoms with E-state index < -0.39 is 5.97 Å². The molecule has 0 bridgehead atoms. The molecular formula is C29H33NO4. The van der Waals surface area contributed by atoms with Crippen LogP contribution in [0.4, 0.5) is 5.69 Å². The summed E-state index contributed by atoms with van der Waals surface area (Å²) in [6.07, 6.45) is 2.59. The van der Waals surface area contributed by atoms with Crippen LogP contribution in [0.5, 0.6) is 11.5 Å². The van der Waals surface area contributed by atoms with Gasteiger partial charge in [0.1, 0.15) is 11.5 Å². The molecule has 1 aliphatic heterocycles. The number of hydrogen-bond acceptors (Lipinski definition) is 4. The van der Waals surface area contributed by atoms with Gasteiger partial charge in [-0.15, -0.1) is 0 Å². The van der Waals surface area contributed by atoms with Gasteiger partial charge in [-0.05, 0) is 61.6 Å². The molecule has 1 aliphatic rings. The summed E-state index contributed by atoms with van der Waals surface area (Å²) in [5, 5.41) is 12.5. The van der Waals surface area contributed by atoms with Gasteiger partial charge in [0.15, 0.2) is 0 Å². The fourth-order valence-corrected chi connectivity index (χ4v) is 4.64. The standard InChI is InChI=1S/C29H33NO4/c1-21-28-25(12-6-13-26(28)34-20-7-11-22-9-4-3-5-10-22)30-29(21,2)23-15-17-24(18-16-23)33-19-8-14-27(31)32/h3-6,9-10,12-13,15-18,21,30H,7-8,11,14,19-20H2,1-2H3,(H,31,32). The van der Waals surface area contributed by atoms with Crippen LogP contribution in [0, 0.1) is 0 Å². The number of anilines is 1. The number of ether oxygens (including phenoxy) is 2. The molecule has 0 saturated heterocycles. The minimum Gasteiger partial charge on any atom is -0.494 e. The molecule has 1 heterocycles. The van der Waals surface area contributed by atoms with Crippen LogP contribution in [-0.4, -0.2) is 24.3 Å². The van der Waals surface area contributed by atoms with Gasteiger partial charge in [0.25, 0.3) is 0 Å².